The Hall–Kier alpha value is -0.240. The molecule has 1 rings (SSSR count). The third kappa shape index (κ3) is 6.08. The third-order valence-electron chi connectivity index (χ3n) is 2.75. The Labute approximate surface area is 109 Å². The van der Waals surface area contributed by atoms with E-state index in [2.05, 4.69) is 14.7 Å². The smallest absolute Gasteiger partial charge is 0.0719 e. The van der Waals surface area contributed by atoms with Crippen LogP contribution in [0.25, 0.3) is 0 Å². The molecular weight excluding hydrogens is 234 g/mol. The van der Waals surface area contributed by atoms with Crippen molar-refractivity contribution in [3.8, 4) is 0 Å². The first kappa shape index (κ1) is 15.8. The summed E-state index contributed by atoms with van der Waals surface area (Å²) in [7, 11) is 0. The van der Waals surface area contributed by atoms with Gasteiger partial charge in [0.05, 0.1) is 38.3 Å². The van der Waals surface area contributed by atoms with E-state index in [4.69, 9.17) is 5.11 Å². The number of nitrogens with zero attached hydrogens (tertiary/aromatic N) is 3. The lowest BCUT2D eigenvalue weighted by molar-refractivity contribution is -0.0758. The first-order valence-electron chi connectivity index (χ1n) is 6.48. The van der Waals surface area contributed by atoms with Crippen molar-refractivity contribution in [1.29, 1.82) is 0 Å². The second kappa shape index (κ2) is 6.79. The van der Waals surface area contributed by atoms with Gasteiger partial charge in [-0.2, -0.15) is 0 Å². The summed E-state index contributed by atoms with van der Waals surface area (Å²) in [5.74, 6) is 0. The minimum atomic E-state index is -0.737. The molecule has 0 aromatic rings. The first-order valence-corrected chi connectivity index (χ1v) is 6.48. The molecule has 0 bridgehead atoms. The molecule has 0 spiro atoms. The molecule has 6 nitrogen and oxygen atoms in total. The summed E-state index contributed by atoms with van der Waals surface area (Å²) in [4.78, 5) is 6.36. The summed E-state index contributed by atoms with van der Waals surface area (Å²) in [6, 6.07) is 0. The van der Waals surface area contributed by atoms with Crippen molar-refractivity contribution in [2.45, 2.75) is 32.5 Å². The van der Waals surface area contributed by atoms with Crippen molar-refractivity contribution < 1.29 is 15.3 Å². The summed E-state index contributed by atoms with van der Waals surface area (Å²) in [6.45, 7) is 9.47. The van der Waals surface area contributed by atoms with Crippen molar-refractivity contribution in [3.63, 3.8) is 0 Å². The van der Waals surface area contributed by atoms with Gasteiger partial charge in [-0.05, 0) is 20.8 Å². The highest BCUT2D eigenvalue weighted by Gasteiger charge is 2.27. The van der Waals surface area contributed by atoms with Crippen molar-refractivity contribution in [3.05, 3.63) is 0 Å². The molecule has 0 aromatic heterocycles. The van der Waals surface area contributed by atoms with Gasteiger partial charge >= 0.3 is 0 Å². The number of aliphatic hydroxyl groups excluding tert-OH is 2. The molecule has 18 heavy (non-hydrogen) atoms. The van der Waals surface area contributed by atoms with E-state index in [0.29, 0.717) is 19.6 Å². The normalized spacial score (nSPS) is 22.3. The zero-order chi connectivity index (χ0) is 13.8. The average molecular weight is 261 g/mol. The maximum atomic E-state index is 9.88. The summed E-state index contributed by atoms with van der Waals surface area (Å²) < 4.78 is 0. The summed E-state index contributed by atoms with van der Waals surface area (Å²) >= 11 is 0. The average Bonchev–Trinajstić information content (AvgIpc) is 2.12. The molecule has 108 valence electrons. The summed E-state index contributed by atoms with van der Waals surface area (Å²) in [6.07, 6.45) is -0.372. The van der Waals surface area contributed by atoms with Crippen LogP contribution in [0.4, 0.5) is 0 Å². The lowest BCUT2D eigenvalue weighted by atomic mass is 10.1. The van der Waals surface area contributed by atoms with Crippen LogP contribution in [0, 0.1) is 0 Å². The van der Waals surface area contributed by atoms with Gasteiger partial charge < -0.3 is 15.3 Å². The second-order valence-electron chi connectivity index (χ2n) is 5.89. The Balaban J connectivity index is 2.56. The topological polar surface area (TPSA) is 70.4 Å². The fraction of sp³-hybridized carbons (Fsp3) is 1.00. The molecular formula is C12H27N3O3. The lowest BCUT2D eigenvalue weighted by Crippen LogP contribution is -2.58. The molecule has 1 saturated heterocycles. The molecule has 1 heterocycles. The van der Waals surface area contributed by atoms with Crippen molar-refractivity contribution >= 4 is 0 Å². The van der Waals surface area contributed by atoms with Crippen LogP contribution in [0.5, 0.6) is 0 Å². The van der Waals surface area contributed by atoms with Gasteiger partial charge in [0.1, 0.15) is 0 Å². The minimum Gasteiger partial charge on any atom is -0.395 e. The van der Waals surface area contributed by atoms with Crippen LogP contribution in [0.15, 0.2) is 0 Å². The summed E-state index contributed by atoms with van der Waals surface area (Å²) in [5, 5.41) is 28.4. The van der Waals surface area contributed by atoms with E-state index < -0.39 is 5.60 Å². The predicted octanol–water partition coefficient (Wildman–Crippen LogP) is -1.08. The Morgan fingerprint density at radius 2 is 1.67 bits per heavy atom. The third-order valence-corrected chi connectivity index (χ3v) is 2.75. The van der Waals surface area contributed by atoms with Crippen LogP contribution in [-0.2, 0) is 0 Å². The highest BCUT2D eigenvalue weighted by molar-refractivity contribution is 4.76. The fourth-order valence-electron chi connectivity index (χ4n) is 2.40. The quantitative estimate of drug-likeness (QED) is 0.565. The van der Waals surface area contributed by atoms with Crippen LogP contribution in [0.1, 0.15) is 20.8 Å². The molecule has 1 fully saturated rings. The van der Waals surface area contributed by atoms with E-state index in [1.165, 1.54) is 0 Å². The number of hydrogen-bond donors (Lipinski definition) is 3. The van der Waals surface area contributed by atoms with Crippen LogP contribution in [-0.4, -0.2) is 88.0 Å². The van der Waals surface area contributed by atoms with Crippen molar-refractivity contribution in [2.75, 3.05) is 46.2 Å². The van der Waals surface area contributed by atoms with Crippen molar-refractivity contribution in [2.24, 2.45) is 0 Å². The number of hydrogen-bond acceptors (Lipinski definition) is 6. The monoisotopic (exact) mass is 261 g/mol. The summed E-state index contributed by atoms with van der Waals surface area (Å²) in [5.41, 5.74) is -0.737. The SMILES string of the molecule is CC(O)CN1CN(CCO)CN(CC(C)(C)O)C1. The Morgan fingerprint density at radius 1 is 1.11 bits per heavy atom. The number of aliphatic hydroxyl groups is 3. The highest BCUT2D eigenvalue weighted by atomic mass is 16.3. The van der Waals surface area contributed by atoms with Crippen LogP contribution in [0.2, 0.25) is 0 Å². The Bertz CT molecular complexity index is 243. The zero-order valence-electron chi connectivity index (χ0n) is 11.7. The van der Waals surface area contributed by atoms with Gasteiger partial charge in [0.25, 0.3) is 0 Å². The van der Waals surface area contributed by atoms with Gasteiger partial charge in [-0.15, -0.1) is 0 Å². The van der Waals surface area contributed by atoms with E-state index in [9.17, 15) is 10.2 Å². The zero-order valence-corrected chi connectivity index (χ0v) is 11.7. The van der Waals surface area contributed by atoms with Gasteiger partial charge in [-0.1, -0.05) is 0 Å². The van der Waals surface area contributed by atoms with Gasteiger partial charge in [0.2, 0.25) is 0 Å². The van der Waals surface area contributed by atoms with E-state index >= 15 is 0 Å². The van der Waals surface area contributed by atoms with Gasteiger partial charge in [-0.3, -0.25) is 14.7 Å². The lowest BCUT2D eigenvalue weighted by Gasteiger charge is -2.44. The maximum Gasteiger partial charge on any atom is 0.0719 e. The highest BCUT2D eigenvalue weighted by Crippen LogP contribution is 2.12. The molecule has 6 heteroatoms. The van der Waals surface area contributed by atoms with E-state index in [1.54, 1.807) is 20.8 Å². The van der Waals surface area contributed by atoms with Crippen LogP contribution < -0.4 is 0 Å². The molecule has 1 atom stereocenters. The number of rotatable bonds is 6. The molecule has 1 aliphatic rings. The minimum absolute atomic E-state index is 0.124. The largest absolute Gasteiger partial charge is 0.395 e. The van der Waals surface area contributed by atoms with E-state index in [1.807, 2.05) is 0 Å². The number of β-amino-alcohol motifs (C(OH)–C–C–N with tert-alkyl or cyclic N) is 3. The standard InChI is InChI=1S/C12H27N3O3/c1-11(17)6-14-8-13(4-5-16)9-15(10-14)7-12(2,3)18/h11,16-18H,4-10H2,1-3H3. The molecule has 0 saturated carbocycles. The molecule has 1 unspecified atom stereocenters. The molecule has 0 aliphatic carbocycles. The Kier molecular flexibility index (Phi) is 5.97. The predicted molar refractivity (Wildman–Crippen MR) is 69.8 cm³/mol. The van der Waals surface area contributed by atoms with Crippen LogP contribution >= 0.6 is 0 Å². The molecule has 0 amide bonds. The molecule has 0 aromatic carbocycles. The van der Waals surface area contributed by atoms with Crippen molar-refractivity contribution in [1.82, 2.24) is 14.7 Å². The van der Waals surface area contributed by atoms with Crippen LogP contribution in [0.3, 0.4) is 0 Å². The molecule has 0 radical (unpaired) electrons. The van der Waals surface area contributed by atoms with E-state index in [0.717, 1.165) is 20.0 Å². The Morgan fingerprint density at radius 3 is 2.17 bits per heavy atom. The molecule has 1 aliphatic heterocycles. The van der Waals surface area contributed by atoms with Gasteiger partial charge in [0.15, 0.2) is 0 Å². The van der Waals surface area contributed by atoms with Gasteiger partial charge in [-0.25, -0.2) is 0 Å². The first-order chi connectivity index (χ1) is 8.30. The molecule has 3 N–H and O–H groups in total. The fourth-order valence-corrected chi connectivity index (χ4v) is 2.40. The van der Waals surface area contributed by atoms with E-state index in [-0.39, 0.29) is 12.7 Å². The maximum absolute atomic E-state index is 9.88. The van der Waals surface area contributed by atoms with Gasteiger partial charge in [0, 0.05) is 19.6 Å². The second-order valence-corrected chi connectivity index (χ2v) is 5.89.